The van der Waals surface area contributed by atoms with Gasteiger partial charge in [0.1, 0.15) is 10.9 Å². The molecular weight excluding hydrogens is 392 g/mol. The summed E-state index contributed by atoms with van der Waals surface area (Å²) in [5.74, 6) is 0.623. The van der Waals surface area contributed by atoms with Crippen molar-refractivity contribution in [3.8, 4) is 11.5 Å². The number of fused-ring (bicyclic) bond motifs is 1. The van der Waals surface area contributed by atoms with Crippen LogP contribution in [-0.2, 0) is 9.59 Å². The largest absolute Gasteiger partial charge is 0.454 e. The molecule has 2 aromatic rings. The molecule has 132 valence electrons. The number of thiocarbonyl (C=S) groups is 1. The van der Waals surface area contributed by atoms with E-state index in [1.165, 1.54) is 28.0 Å². The van der Waals surface area contributed by atoms with Crippen LogP contribution in [0.4, 0.5) is 5.69 Å². The molecule has 2 aliphatic rings. The van der Waals surface area contributed by atoms with Gasteiger partial charge in [0, 0.05) is 16.6 Å². The number of benzene rings is 1. The highest BCUT2D eigenvalue weighted by Crippen LogP contribution is 2.35. The fourth-order valence-corrected chi connectivity index (χ4v) is 4.44. The van der Waals surface area contributed by atoms with Crippen LogP contribution in [0.5, 0.6) is 11.5 Å². The second-order valence-corrected chi connectivity index (χ2v) is 8.05. The normalized spacial score (nSPS) is 17.2. The highest BCUT2D eigenvalue weighted by Gasteiger charge is 2.33. The Labute approximate surface area is 162 Å². The third-order valence-corrected chi connectivity index (χ3v) is 5.85. The predicted molar refractivity (Wildman–Crippen MR) is 105 cm³/mol. The molecule has 1 N–H and O–H groups in total. The van der Waals surface area contributed by atoms with Gasteiger partial charge in [0.15, 0.2) is 11.5 Å². The van der Waals surface area contributed by atoms with Crippen LogP contribution in [0.25, 0.3) is 6.08 Å². The molecule has 2 aliphatic heterocycles. The van der Waals surface area contributed by atoms with Crippen LogP contribution in [0, 0.1) is 0 Å². The van der Waals surface area contributed by atoms with Crippen LogP contribution < -0.4 is 14.8 Å². The lowest BCUT2D eigenvalue weighted by molar-refractivity contribution is -0.126. The summed E-state index contributed by atoms with van der Waals surface area (Å²) in [5, 5.41) is 4.68. The van der Waals surface area contributed by atoms with Crippen molar-refractivity contribution in [2.24, 2.45) is 0 Å². The number of anilines is 1. The van der Waals surface area contributed by atoms with Crippen LogP contribution in [-0.4, -0.2) is 34.4 Å². The van der Waals surface area contributed by atoms with Gasteiger partial charge in [-0.05, 0) is 29.7 Å². The van der Waals surface area contributed by atoms with E-state index in [-0.39, 0.29) is 25.2 Å². The minimum absolute atomic E-state index is 0.138. The number of thiophene rings is 1. The van der Waals surface area contributed by atoms with Crippen LogP contribution >= 0.6 is 35.3 Å². The first-order valence-corrected chi connectivity index (χ1v) is 9.69. The molecule has 1 fully saturated rings. The first-order chi connectivity index (χ1) is 12.6. The molecule has 3 heterocycles. The van der Waals surface area contributed by atoms with E-state index in [1.54, 1.807) is 24.3 Å². The van der Waals surface area contributed by atoms with Crippen LogP contribution in [0.3, 0.4) is 0 Å². The van der Waals surface area contributed by atoms with Crippen LogP contribution in [0.2, 0.25) is 0 Å². The number of hydrogen-bond acceptors (Lipinski definition) is 7. The Balaban J connectivity index is 1.42. The summed E-state index contributed by atoms with van der Waals surface area (Å²) in [6.45, 7) is 0.0285. The molecule has 0 bridgehead atoms. The van der Waals surface area contributed by atoms with E-state index in [1.807, 2.05) is 17.5 Å². The molecule has 0 unspecified atom stereocenters. The predicted octanol–water partition coefficient (Wildman–Crippen LogP) is 3.32. The van der Waals surface area contributed by atoms with E-state index in [0.717, 1.165) is 4.88 Å². The quantitative estimate of drug-likeness (QED) is 0.623. The first-order valence-electron chi connectivity index (χ1n) is 7.58. The topological polar surface area (TPSA) is 67.9 Å². The van der Waals surface area contributed by atoms with Gasteiger partial charge in [-0.25, -0.2) is 0 Å². The maximum absolute atomic E-state index is 12.5. The molecular formula is C17H12N2O4S3. The lowest BCUT2D eigenvalue weighted by Gasteiger charge is -2.14. The number of carbonyl (C=O) groups is 2. The van der Waals surface area contributed by atoms with Crippen molar-refractivity contribution in [1.29, 1.82) is 0 Å². The zero-order valence-electron chi connectivity index (χ0n) is 13.3. The monoisotopic (exact) mass is 404 g/mol. The molecule has 0 atom stereocenters. The van der Waals surface area contributed by atoms with Gasteiger partial charge in [0.05, 0.1) is 4.91 Å². The maximum atomic E-state index is 12.5. The van der Waals surface area contributed by atoms with Gasteiger partial charge >= 0.3 is 0 Å². The van der Waals surface area contributed by atoms with Gasteiger partial charge in [0.25, 0.3) is 5.91 Å². The minimum atomic E-state index is -0.336. The smallest absolute Gasteiger partial charge is 0.266 e. The van der Waals surface area contributed by atoms with Gasteiger partial charge in [-0.3, -0.25) is 14.5 Å². The molecule has 0 saturated carbocycles. The Kier molecular flexibility index (Phi) is 4.66. The van der Waals surface area contributed by atoms with E-state index >= 15 is 0 Å². The number of hydrogen-bond donors (Lipinski definition) is 1. The van der Waals surface area contributed by atoms with Crippen molar-refractivity contribution in [2.75, 3.05) is 18.7 Å². The second-order valence-electron chi connectivity index (χ2n) is 5.40. The van der Waals surface area contributed by atoms with Gasteiger partial charge < -0.3 is 14.8 Å². The summed E-state index contributed by atoms with van der Waals surface area (Å²) in [4.78, 5) is 27.6. The summed E-state index contributed by atoms with van der Waals surface area (Å²) < 4.78 is 10.9. The Morgan fingerprint density at radius 2 is 2.15 bits per heavy atom. The molecule has 26 heavy (non-hydrogen) atoms. The van der Waals surface area contributed by atoms with E-state index in [2.05, 4.69) is 5.32 Å². The van der Waals surface area contributed by atoms with E-state index in [4.69, 9.17) is 21.7 Å². The standard InChI is InChI=1S/C17H12N2O4S3/c20-15(18-10-3-4-12-13(6-10)23-9-22-12)8-19-16(21)14(26-17(19)24)7-11-2-1-5-25-11/h1-7H,8-9H2,(H,18,20)/b14-7-. The number of carbonyl (C=O) groups excluding carboxylic acids is 2. The Morgan fingerprint density at radius 3 is 2.96 bits per heavy atom. The number of rotatable bonds is 4. The van der Waals surface area contributed by atoms with E-state index in [0.29, 0.717) is 26.4 Å². The van der Waals surface area contributed by atoms with Crippen molar-refractivity contribution in [2.45, 2.75) is 0 Å². The van der Waals surface area contributed by atoms with E-state index < -0.39 is 0 Å². The number of amides is 2. The van der Waals surface area contributed by atoms with Crippen LogP contribution in [0.1, 0.15) is 4.88 Å². The zero-order valence-corrected chi connectivity index (χ0v) is 15.7. The van der Waals surface area contributed by atoms with Gasteiger partial charge in [0.2, 0.25) is 12.7 Å². The molecule has 2 amide bonds. The highest BCUT2D eigenvalue weighted by molar-refractivity contribution is 8.26. The van der Waals surface area contributed by atoms with Crippen molar-refractivity contribution in [1.82, 2.24) is 4.90 Å². The first kappa shape index (κ1) is 17.1. The Morgan fingerprint density at radius 1 is 1.31 bits per heavy atom. The third kappa shape index (κ3) is 3.46. The van der Waals surface area contributed by atoms with Gasteiger partial charge in [-0.15, -0.1) is 11.3 Å². The number of nitrogens with zero attached hydrogens (tertiary/aromatic N) is 1. The maximum Gasteiger partial charge on any atom is 0.266 e. The summed E-state index contributed by atoms with van der Waals surface area (Å²) in [7, 11) is 0. The summed E-state index contributed by atoms with van der Waals surface area (Å²) in [6, 6.07) is 8.95. The molecule has 0 spiro atoms. The highest BCUT2D eigenvalue weighted by atomic mass is 32.2. The zero-order chi connectivity index (χ0) is 18.1. The fourth-order valence-electron chi connectivity index (χ4n) is 2.46. The summed E-state index contributed by atoms with van der Waals surface area (Å²) >= 11 is 7.99. The summed E-state index contributed by atoms with van der Waals surface area (Å²) in [6.07, 6.45) is 1.79. The number of nitrogens with one attached hydrogen (secondary N) is 1. The Hall–Kier alpha value is -2.36. The summed E-state index contributed by atoms with van der Waals surface area (Å²) in [5.41, 5.74) is 0.568. The second kappa shape index (κ2) is 7.10. The van der Waals surface area contributed by atoms with Gasteiger partial charge in [-0.1, -0.05) is 30.0 Å². The third-order valence-electron chi connectivity index (χ3n) is 3.65. The molecule has 1 aromatic carbocycles. The fraction of sp³-hybridized carbons (Fsp3) is 0.118. The van der Waals surface area contributed by atoms with Crippen molar-refractivity contribution in [3.05, 3.63) is 45.5 Å². The SMILES string of the molecule is O=C(CN1C(=O)/C(=C/c2cccs2)SC1=S)Nc1ccc2c(c1)OCO2. The molecule has 4 rings (SSSR count). The van der Waals surface area contributed by atoms with Crippen molar-refractivity contribution < 1.29 is 19.1 Å². The lowest BCUT2D eigenvalue weighted by Crippen LogP contribution is -2.36. The molecule has 1 aromatic heterocycles. The molecule has 6 nitrogen and oxygen atoms in total. The average molecular weight is 404 g/mol. The van der Waals surface area contributed by atoms with Crippen molar-refractivity contribution in [3.63, 3.8) is 0 Å². The number of ether oxygens (including phenoxy) is 2. The molecule has 9 heteroatoms. The van der Waals surface area contributed by atoms with E-state index in [9.17, 15) is 9.59 Å². The lowest BCUT2D eigenvalue weighted by atomic mass is 10.2. The van der Waals surface area contributed by atoms with Crippen molar-refractivity contribution >= 4 is 63.2 Å². The molecule has 1 saturated heterocycles. The molecule has 0 aliphatic carbocycles. The average Bonchev–Trinajstić information content (AvgIpc) is 3.33. The number of thioether (sulfide) groups is 1. The molecule has 0 radical (unpaired) electrons. The van der Waals surface area contributed by atoms with Gasteiger partial charge in [-0.2, -0.15) is 0 Å². The Bertz CT molecular complexity index is 924. The van der Waals surface area contributed by atoms with Crippen LogP contribution in [0.15, 0.2) is 40.6 Å². The minimum Gasteiger partial charge on any atom is -0.454 e.